The van der Waals surface area contributed by atoms with Crippen molar-refractivity contribution in [2.45, 2.75) is 18.9 Å². The van der Waals surface area contributed by atoms with E-state index < -0.39 is 12.1 Å². The Morgan fingerprint density at radius 3 is 2.71 bits per heavy atom. The van der Waals surface area contributed by atoms with E-state index in [0.717, 1.165) is 30.9 Å². The molecule has 7 nitrogen and oxygen atoms in total. The maximum absolute atomic E-state index is 12.7. The average molecular weight is 333 g/mol. The maximum Gasteiger partial charge on any atom is 0.410 e. The van der Waals surface area contributed by atoms with Crippen LogP contribution >= 0.6 is 0 Å². The number of benzene rings is 1. The summed E-state index contributed by atoms with van der Waals surface area (Å²) in [6.45, 7) is 3.51. The number of likely N-dealkylation sites (tertiary alicyclic amines) is 1. The number of rotatable bonds is 3. The molecule has 3 rings (SSSR count). The van der Waals surface area contributed by atoms with Crippen LogP contribution in [0.3, 0.4) is 0 Å². The largest absolute Gasteiger partial charge is 0.453 e. The van der Waals surface area contributed by atoms with E-state index in [1.54, 1.807) is 0 Å². The first kappa shape index (κ1) is 16.6. The molecule has 0 radical (unpaired) electrons. The predicted molar refractivity (Wildman–Crippen MR) is 90.2 cm³/mol. The van der Waals surface area contributed by atoms with Crippen LogP contribution in [-0.4, -0.2) is 62.9 Å². The maximum atomic E-state index is 12.7. The quantitative estimate of drug-likeness (QED) is 0.911. The second-order valence-corrected chi connectivity index (χ2v) is 5.93. The third-order valence-corrected chi connectivity index (χ3v) is 4.48. The lowest BCUT2D eigenvalue weighted by Crippen LogP contribution is -2.43. The highest BCUT2D eigenvalue weighted by atomic mass is 16.5. The topological polar surface area (TPSA) is 71.1 Å². The molecule has 24 heavy (non-hydrogen) atoms. The van der Waals surface area contributed by atoms with Gasteiger partial charge in [-0.15, -0.1) is 0 Å². The van der Waals surface area contributed by atoms with Crippen molar-refractivity contribution in [3.05, 3.63) is 24.3 Å². The van der Waals surface area contributed by atoms with Crippen LogP contribution in [0.15, 0.2) is 24.3 Å². The van der Waals surface area contributed by atoms with Gasteiger partial charge >= 0.3 is 6.09 Å². The van der Waals surface area contributed by atoms with Gasteiger partial charge in [-0.3, -0.25) is 9.69 Å². The molecule has 1 aromatic rings. The molecule has 0 bridgehead atoms. The lowest BCUT2D eigenvalue weighted by atomic mass is 10.2. The van der Waals surface area contributed by atoms with Crippen LogP contribution < -0.4 is 10.2 Å². The van der Waals surface area contributed by atoms with Crippen molar-refractivity contribution in [3.63, 3.8) is 0 Å². The number of morpholine rings is 1. The number of nitrogens with one attached hydrogen (secondary N) is 1. The zero-order chi connectivity index (χ0) is 16.9. The summed E-state index contributed by atoms with van der Waals surface area (Å²) in [7, 11) is 1.34. The molecule has 130 valence electrons. The minimum absolute atomic E-state index is 0.168. The molecule has 2 aliphatic rings. The summed E-state index contributed by atoms with van der Waals surface area (Å²) >= 11 is 0. The van der Waals surface area contributed by atoms with Crippen LogP contribution in [-0.2, 0) is 14.3 Å². The summed E-state index contributed by atoms with van der Waals surface area (Å²) in [6.07, 6.45) is 1.01. The van der Waals surface area contributed by atoms with Gasteiger partial charge in [-0.05, 0) is 25.0 Å². The van der Waals surface area contributed by atoms with Crippen LogP contribution in [0, 0.1) is 0 Å². The molecule has 2 amide bonds. The first-order valence-corrected chi connectivity index (χ1v) is 8.28. The van der Waals surface area contributed by atoms with E-state index in [9.17, 15) is 9.59 Å². The fraction of sp³-hybridized carbons (Fsp3) is 0.529. The number of methoxy groups -OCH3 is 1. The van der Waals surface area contributed by atoms with Crippen LogP contribution in [0.5, 0.6) is 0 Å². The van der Waals surface area contributed by atoms with Gasteiger partial charge in [0, 0.05) is 19.6 Å². The van der Waals surface area contributed by atoms with E-state index in [4.69, 9.17) is 9.47 Å². The van der Waals surface area contributed by atoms with E-state index in [-0.39, 0.29) is 5.91 Å². The van der Waals surface area contributed by atoms with Gasteiger partial charge in [0.1, 0.15) is 6.04 Å². The monoisotopic (exact) mass is 333 g/mol. The van der Waals surface area contributed by atoms with Crippen molar-refractivity contribution in [3.8, 4) is 0 Å². The molecule has 0 aromatic heterocycles. The Labute approximate surface area is 141 Å². The fourth-order valence-electron chi connectivity index (χ4n) is 3.25. The van der Waals surface area contributed by atoms with Gasteiger partial charge < -0.3 is 19.7 Å². The molecule has 2 fully saturated rings. The highest BCUT2D eigenvalue weighted by Crippen LogP contribution is 2.28. The number of carbonyl (C=O) groups excluding carboxylic acids is 2. The average Bonchev–Trinajstić information content (AvgIpc) is 3.12. The summed E-state index contributed by atoms with van der Waals surface area (Å²) in [5.41, 5.74) is 1.75. The lowest BCUT2D eigenvalue weighted by Gasteiger charge is -2.31. The van der Waals surface area contributed by atoms with Gasteiger partial charge in [-0.25, -0.2) is 4.79 Å². The first-order chi connectivity index (χ1) is 11.7. The Kier molecular flexibility index (Phi) is 5.20. The summed E-state index contributed by atoms with van der Waals surface area (Å²) in [5, 5.41) is 2.99. The number of carbonyl (C=O) groups is 2. The molecule has 0 saturated carbocycles. The molecular formula is C17H23N3O4. The predicted octanol–water partition coefficient (Wildman–Crippen LogP) is 1.69. The second-order valence-electron chi connectivity index (χ2n) is 5.93. The molecule has 1 atom stereocenters. The molecule has 7 heteroatoms. The Balaban J connectivity index is 1.73. The zero-order valence-electron chi connectivity index (χ0n) is 13.9. The van der Waals surface area contributed by atoms with Crippen molar-refractivity contribution in [2.24, 2.45) is 0 Å². The summed E-state index contributed by atoms with van der Waals surface area (Å²) in [5.74, 6) is -0.168. The van der Waals surface area contributed by atoms with Gasteiger partial charge in [0.25, 0.3) is 0 Å². The van der Waals surface area contributed by atoms with Crippen LogP contribution in [0.25, 0.3) is 0 Å². The van der Waals surface area contributed by atoms with Gasteiger partial charge in [-0.2, -0.15) is 0 Å². The molecule has 2 heterocycles. The minimum atomic E-state index is -0.477. The van der Waals surface area contributed by atoms with Crippen LogP contribution in [0.1, 0.15) is 12.8 Å². The molecule has 2 aliphatic heterocycles. The summed E-state index contributed by atoms with van der Waals surface area (Å²) < 4.78 is 10.2. The number of para-hydroxylation sites is 2. The van der Waals surface area contributed by atoms with E-state index in [1.807, 2.05) is 24.3 Å². The normalized spacial score (nSPS) is 20.8. The Bertz CT molecular complexity index is 601. The summed E-state index contributed by atoms with van der Waals surface area (Å²) in [6, 6.07) is 7.26. The molecule has 0 aliphatic carbocycles. The SMILES string of the molecule is COC(=O)N1CCCC1C(=O)Nc1ccccc1N1CCOCC1. The molecule has 2 saturated heterocycles. The number of hydrogen-bond acceptors (Lipinski definition) is 5. The number of nitrogens with zero attached hydrogens (tertiary/aromatic N) is 2. The van der Waals surface area contributed by atoms with Crippen LogP contribution in [0.4, 0.5) is 16.2 Å². The van der Waals surface area contributed by atoms with Crippen molar-refractivity contribution < 1.29 is 19.1 Å². The van der Waals surface area contributed by atoms with Gasteiger partial charge in [0.15, 0.2) is 0 Å². The van der Waals surface area contributed by atoms with Crippen molar-refractivity contribution >= 4 is 23.4 Å². The standard InChI is InChI=1S/C17H23N3O4/c1-23-17(22)20-8-4-7-15(20)16(21)18-13-5-2-3-6-14(13)19-9-11-24-12-10-19/h2-3,5-6,15H,4,7-12H2,1H3,(H,18,21). The molecule has 1 aromatic carbocycles. The Morgan fingerprint density at radius 1 is 1.21 bits per heavy atom. The van der Waals surface area contributed by atoms with Gasteiger partial charge in [0.05, 0.1) is 31.7 Å². The Hall–Kier alpha value is -2.28. The number of anilines is 2. The molecule has 1 unspecified atom stereocenters. The van der Waals surface area contributed by atoms with Crippen molar-refractivity contribution in [1.29, 1.82) is 0 Å². The smallest absolute Gasteiger partial charge is 0.410 e. The third kappa shape index (κ3) is 3.46. The highest BCUT2D eigenvalue weighted by Gasteiger charge is 2.35. The third-order valence-electron chi connectivity index (χ3n) is 4.48. The van der Waals surface area contributed by atoms with E-state index in [2.05, 4.69) is 10.2 Å². The molecular weight excluding hydrogens is 310 g/mol. The van der Waals surface area contributed by atoms with E-state index in [0.29, 0.717) is 26.2 Å². The van der Waals surface area contributed by atoms with Crippen LogP contribution in [0.2, 0.25) is 0 Å². The number of hydrogen-bond donors (Lipinski definition) is 1. The van der Waals surface area contributed by atoms with Crippen molar-refractivity contribution in [1.82, 2.24) is 4.90 Å². The van der Waals surface area contributed by atoms with E-state index >= 15 is 0 Å². The van der Waals surface area contributed by atoms with Crippen molar-refractivity contribution in [2.75, 3.05) is 50.2 Å². The zero-order valence-corrected chi connectivity index (χ0v) is 13.9. The van der Waals surface area contributed by atoms with Gasteiger partial charge in [0.2, 0.25) is 5.91 Å². The van der Waals surface area contributed by atoms with Gasteiger partial charge in [-0.1, -0.05) is 12.1 Å². The summed E-state index contributed by atoms with van der Waals surface area (Å²) in [4.78, 5) is 28.2. The fourth-order valence-corrected chi connectivity index (χ4v) is 3.25. The first-order valence-electron chi connectivity index (χ1n) is 8.28. The molecule has 1 N–H and O–H groups in total. The number of amides is 2. The molecule has 0 spiro atoms. The minimum Gasteiger partial charge on any atom is -0.453 e. The lowest BCUT2D eigenvalue weighted by molar-refractivity contribution is -0.119. The Morgan fingerprint density at radius 2 is 1.96 bits per heavy atom. The highest BCUT2D eigenvalue weighted by molar-refractivity contribution is 5.99. The number of ether oxygens (including phenoxy) is 2. The van der Waals surface area contributed by atoms with E-state index in [1.165, 1.54) is 12.0 Å². The second kappa shape index (κ2) is 7.53.